The summed E-state index contributed by atoms with van der Waals surface area (Å²) in [6.45, 7) is 0.384. The number of ketones is 1. The number of carbonyl (C=O) groups is 1. The minimum Gasteiger partial charge on any atom is -0.489 e. The van der Waals surface area contributed by atoms with Crippen molar-refractivity contribution < 1.29 is 31.1 Å². The number of benzene rings is 2. The van der Waals surface area contributed by atoms with Crippen molar-refractivity contribution in [1.29, 1.82) is 0 Å². The van der Waals surface area contributed by atoms with E-state index in [1.54, 1.807) is 18.2 Å². The lowest BCUT2D eigenvalue weighted by molar-refractivity contribution is -0.137. The van der Waals surface area contributed by atoms with Crippen LogP contribution in [0.4, 0.5) is 13.2 Å². The van der Waals surface area contributed by atoms with E-state index in [1.807, 2.05) is 0 Å². The highest BCUT2D eigenvalue weighted by atomic mass is 35.5. The first-order chi connectivity index (χ1) is 17.4. The van der Waals surface area contributed by atoms with Crippen LogP contribution in [-0.4, -0.2) is 31.1 Å². The Balaban J connectivity index is 1.34. The second-order valence-electron chi connectivity index (χ2n) is 8.54. The number of thiophene rings is 1. The van der Waals surface area contributed by atoms with Crippen molar-refractivity contribution in [2.75, 3.05) is 6.54 Å². The zero-order valence-electron chi connectivity index (χ0n) is 19.3. The monoisotopic (exact) mass is 591 g/mol. The van der Waals surface area contributed by atoms with Crippen LogP contribution < -0.4 is 4.74 Å². The molecule has 0 radical (unpaired) electrons. The van der Waals surface area contributed by atoms with Gasteiger partial charge < -0.3 is 4.74 Å². The van der Waals surface area contributed by atoms with Gasteiger partial charge in [0.2, 0.25) is 0 Å². The zero-order chi connectivity index (χ0) is 26.8. The van der Waals surface area contributed by atoms with Crippen LogP contribution in [0.2, 0.25) is 9.36 Å². The maximum absolute atomic E-state index is 13.0. The first-order valence-corrected chi connectivity index (χ1v) is 14.3. The number of ether oxygens (including phenoxy) is 1. The first kappa shape index (κ1) is 27.9. The first-order valence-electron chi connectivity index (χ1n) is 11.3. The summed E-state index contributed by atoms with van der Waals surface area (Å²) in [5, 5.41) is 0.422. The molecule has 2 heterocycles. The molecule has 0 amide bonds. The molecule has 1 aromatic heterocycles. The zero-order valence-corrected chi connectivity index (χ0v) is 22.4. The van der Waals surface area contributed by atoms with Crippen LogP contribution in [0.25, 0.3) is 0 Å². The van der Waals surface area contributed by atoms with E-state index in [9.17, 15) is 26.4 Å². The molecule has 1 aliphatic rings. The molecule has 4 rings (SSSR count). The number of alkyl halides is 3. The number of nitrogens with zero attached hydrogens (tertiary/aromatic N) is 1. The van der Waals surface area contributed by atoms with Crippen molar-refractivity contribution in [3.63, 3.8) is 0 Å². The number of rotatable bonds is 9. The highest BCUT2D eigenvalue weighted by Crippen LogP contribution is 2.33. The number of hydrogen-bond donors (Lipinski definition) is 0. The standard InChI is InChI=1S/C25H22Cl2F3NO4S2/c26-20-14-16(15-35-19-8-6-18(7-9-19)25(28,29)30)3-4-17(20)5-10-22(32)21-2-1-13-31(21)37(33,34)24-12-11-23(27)36-24/h3-4,6-9,11-12,14,21H,1-2,5,10,13,15H2/t21-/m0/s1. The molecule has 5 nitrogen and oxygen atoms in total. The number of aryl methyl sites for hydroxylation is 1. The summed E-state index contributed by atoms with van der Waals surface area (Å²) in [5.74, 6) is 0.120. The molecule has 1 saturated heterocycles. The van der Waals surface area contributed by atoms with Crippen molar-refractivity contribution >= 4 is 50.3 Å². The van der Waals surface area contributed by atoms with Crippen LogP contribution in [0, 0.1) is 0 Å². The quantitative estimate of drug-likeness (QED) is 0.268. The maximum atomic E-state index is 13.0. The van der Waals surface area contributed by atoms with E-state index >= 15 is 0 Å². The number of Topliss-reactive ketones (excluding diaryl/α,β-unsaturated/α-hetero) is 1. The molecule has 0 N–H and O–H groups in total. The largest absolute Gasteiger partial charge is 0.489 e. The molecular weight excluding hydrogens is 570 g/mol. The SMILES string of the molecule is O=C(CCc1ccc(COc2ccc(C(F)(F)F)cc2)cc1Cl)[C@@H]1CCCN1S(=O)(=O)c1ccc(Cl)s1. The molecule has 37 heavy (non-hydrogen) atoms. The third-order valence-corrected chi connectivity index (χ3v) is 9.99. The van der Waals surface area contributed by atoms with Gasteiger partial charge in [-0.15, -0.1) is 11.3 Å². The van der Waals surface area contributed by atoms with Crippen molar-refractivity contribution in [2.45, 2.75) is 48.7 Å². The van der Waals surface area contributed by atoms with E-state index in [1.165, 1.54) is 28.6 Å². The van der Waals surface area contributed by atoms with E-state index in [2.05, 4.69) is 0 Å². The number of carbonyl (C=O) groups excluding carboxylic acids is 1. The van der Waals surface area contributed by atoms with Crippen LogP contribution in [0.1, 0.15) is 36.0 Å². The Morgan fingerprint density at radius 3 is 2.43 bits per heavy atom. The van der Waals surface area contributed by atoms with Crippen molar-refractivity contribution in [1.82, 2.24) is 4.31 Å². The predicted octanol–water partition coefficient (Wildman–Crippen LogP) is 7.01. The second kappa shape index (κ2) is 11.3. The molecule has 0 saturated carbocycles. The highest BCUT2D eigenvalue weighted by molar-refractivity contribution is 7.91. The summed E-state index contributed by atoms with van der Waals surface area (Å²) in [6.07, 6.45) is -2.88. The molecule has 12 heteroatoms. The Morgan fingerprint density at radius 1 is 1.08 bits per heavy atom. The molecular formula is C25H22Cl2F3NO4S2. The van der Waals surface area contributed by atoms with Crippen molar-refractivity contribution in [3.05, 3.63) is 80.6 Å². The van der Waals surface area contributed by atoms with Crippen molar-refractivity contribution in [3.8, 4) is 5.75 Å². The Kier molecular flexibility index (Phi) is 8.55. The van der Waals surface area contributed by atoms with Crippen LogP contribution >= 0.6 is 34.5 Å². The predicted molar refractivity (Wildman–Crippen MR) is 137 cm³/mol. The summed E-state index contributed by atoms with van der Waals surface area (Å²) in [7, 11) is -3.80. The Morgan fingerprint density at radius 2 is 1.81 bits per heavy atom. The molecule has 0 unspecified atom stereocenters. The van der Waals surface area contributed by atoms with E-state index in [4.69, 9.17) is 27.9 Å². The topological polar surface area (TPSA) is 63.7 Å². The van der Waals surface area contributed by atoms with Gasteiger partial charge in [0.15, 0.2) is 5.78 Å². The molecule has 1 aliphatic heterocycles. The van der Waals surface area contributed by atoms with Gasteiger partial charge in [0, 0.05) is 18.0 Å². The molecule has 3 aromatic rings. The Hall–Kier alpha value is -2.11. The average molecular weight is 592 g/mol. The number of sulfonamides is 1. The second-order valence-corrected chi connectivity index (χ2v) is 12.8. The lowest BCUT2D eigenvalue weighted by atomic mass is 10.0. The van der Waals surface area contributed by atoms with E-state index in [0.717, 1.165) is 29.0 Å². The Labute approximate surface area is 226 Å². The van der Waals surface area contributed by atoms with Crippen LogP contribution in [0.5, 0.6) is 5.75 Å². The summed E-state index contributed by atoms with van der Waals surface area (Å²) in [6, 6.07) is 11.9. The van der Waals surface area contributed by atoms with E-state index < -0.39 is 27.8 Å². The smallest absolute Gasteiger partial charge is 0.416 e. The van der Waals surface area contributed by atoms with E-state index in [0.29, 0.717) is 39.9 Å². The highest BCUT2D eigenvalue weighted by Gasteiger charge is 2.39. The molecule has 198 valence electrons. The molecule has 1 fully saturated rings. The number of hydrogen-bond acceptors (Lipinski definition) is 5. The van der Waals surface area contributed by atoms with Gasteiger partial charge in [-0.25, -0.2) is 8.42 Å². The molecule has 2 aromatic carbocycles. The van der Waals surface area contributed by atoms with Crippen LogP contribution in [0.15, 0.2) is 58.8 Å². The lowest BCUT2D eigenvalue weighted by Crippen LogP contribution is -2.40. The summed E-state index contributed by atoms with van der Waals surface area (Å²) in [5.41, 5.74) is 0.685. The third kappa shape index (κ3) is 6.67. The Bertz CT molecular complexity index is 1380. The van der Waals surface area contributed by atoms with E-state index in [-0.39, 0.29) is 29.6 Å². The van der Waals surface area contributed by atoms with Crippen LogP contribution in [-0.2, 0) is 34.0 Å². The molecule has 0 bridgehead atoms. The normalized spacial score (nSPS) is 16.7. The lowest BCUT2D eigenvalue weighted by Gasteiger charge is -2.22. The third-order valence-electron chi connectivity index (χ3n) is 6.03. The van der Waals surface area contributed by atoms with Crippen molar-refractivity contribution in [2.24, 2.45) is 0 Å². The summed E-state index contributed by atoms with van der Waals surface area (Å²) in [4.78, 5) is 13.0. The van der Waals surface area contributed by atoms with Gasteiger partial charge in [0.1, 0.15) is 16.6 Å². The van der Waals surface area contributed by atoms with Gasteiger partial charge >= 0.3 is 6.18 Å². The van der Waals surface area contributed by atoms with Crippen LogP contribution in [0.3, 0.4) is 0 Å². The average Bonchev–Trinajstić information content (AvgIpc) is 3.52. The molecule has 0 spiro atoms. The van der Waals surface area contributed by atoms with Gasteiger partial charge in [-0.2, -0.15) is 17.5 Å². The summed E-state index contributed by atoms with van der Waals surface area (Å²) >= 11 is 13.3. The molecule has 1 atom stereocenters. The van der Waals surface area contributed by atoms with Gasteiger partial charge in [0.25, 0.3) is 10.0 Å². The molecule has 0 aliphatic carbocycles. The number of halogens is 5. The fourth-order valence-corrected chi connectivity index (χ4v) is 7.70. The fourth-order valence-electron chi connectivity index (χ4n) is 4.12. The van der Waals surface area contributed by atoms with Gasteiger partial charge in [-0.3, -0.25) is 4.79 Å². The minimum atomic E-state index is -4.41. The fraction of sp³-hybridized carbons (Fsp3) is 0.320. The maximum Gasteiger partial charge on any atom is 0.416 e. The van der Waals surface area contributed by atoms with Gasteiger partial charge in [-0.05, 0) is 72.9 Å². The summed E-state index contributed by atoms with van der Waals surface area (Å²) < 4.78 is 71.4. The minimum absolute atomic E-state index is 0.103. The van der Waals surface area contributed by atoms with Gasteiger partial charge in [0.05, 0.1) is 15.9 Å². The van der Waals surface area contributed by atoms with Gasteiger partial charge in [-0.1, -0.05) is 35.3 Å².